The van der Waals surface area contributed by atoms with Crippen LogP contribution in [0.25, 0.3) is 0 Å². The monoisotopic (exact) mass is 308 g/mol. The summed E-state index contributed by atoms with van der Waals surface area (Å²) in [6, 6.07) is 0.680. The van der Waals surface area contributed by atoms with Gasteiger partial charge in [0.25, 0.3) is 5.91 Å². The number of hydrogen-bond acceptors (Lipinski definition) is 3. The van der Waals surface area contributed by atoms with Crippen LogP contribution < -0.4 is 0 Å². The van der Waals surface area contributed by atoms with Crippen molar-refractivity contribution in [2.45, 2.75) is 76.5 Å². The van der Waals surface area contributed by atoms with Crippen LogP contribution in [0.5, 0.6) is 0 Å². The standard InChI is InChI=1S/C18H32N2O2/c1-5-20-13-17(22-18(10-11-18)16(20)21)8-6-15(7-9-17)19(4)12-14(2)3/h14-15H,5-13H2,1-4H3/t15-,17-. The third kappa shape index (κ3) is 2.92. The maximum absolute atomic E-state index is 12.5. The number of carbonyl (C=O) groups excluding carboxylic acids is 1. The van der Waals surface area contributed by atoms with Crippen molar-refractivity contribution in [3.05, 3.63) is 0 Å². The lowest BCUT2D eigenvalue weighted by atomic mass is 9.79. The minimum Gasteiger partial charge on any atom is -0.357 e. The zero-order valence-electron chi connectivity index (χ0n) is 14.7. The van der Waals surface area contributed by atoms with E-state index in [4.69, 9.17) is 4.74 Å². The molecule has 0 N–H and O–H groups in total. The number of ether oxygens (including phenoxy) is 1. The molecule has 0 aromatic heterocycles. The Bertz CT molecular complexity index is 423. The van der Waals surface area contributed by atoms with Crippen molar-refractivity contribution in [2.75, 3.05) is 26.7 Å². The summed E-state index contributed by atoms with van der Waals surface area (Å²) in [5.41, 5.74) is -0.486. The molecule has 1 amide bonds. The average Bonchev–Trinajstić information content (AvgIpc) is 3.23. The highest BCUT2D eigenvalue weighted by Gasteiger charge is 2.61. The minimum atomic E-state index is -0.426. The molecule has 1 saturated heterocycles. The first-order valence-electron chi connectivity index (χ1n) is 9.09. The largest absolute Gasteiger partial charge is 0.357 e. The maximum Gasteiger partial charge on any atom is 0.254 e. The zero-order valence-corrected chi connectivity index (χ0v) is 14.7. The Morgan fingerprint density at radius 1 is 1.27 bits per heavy atom. The predicted molar refractivity (Wildman–Crippen MR) is 87.8 cm³/mol. The average molecular weight is 308 g/mol. The first kappa shape index (κ1) is 16.3. The molecule has 4 heteroatoms. The fraction of sp³-hybridized carbons (Fsp3) is 0.944. The molecular weight excluding hydrogens is 276 g/mol. The summed E-state index contributed by atoms with van der Waals surface area (Å²) in [6.45, 7) is 9.46. The van der Waals surface area contributed by atoms with Gasteiger partial charge in [0.1, 0.15) is 5.60 Å². The van der Waals surface area contributed by atoms with Crippen molar-refractivity contribution in [3.8, 4) is 0 Å². The van der Waals surface area contributed by atoms with Crippen LogP contribution in [0.1, 0.15) is 59.3 Å². The second kappa shape index (κ2) is 5.79. The summed E-state index contributed by atoms with van der Waals surface area (Å²) in [5, 5.41) is 0. The minimum absolute atomic E-state index is 0.0599. The smallest absolute Gasteiger partial charge is 0.254 e. The number of amides is 1. The molecule has 3 aliphatic rings. The van der Waals surface area contributed by atoms with E-state index < -0.39 is 5.60 Å². The highest BCUT2D eigenvalue weighted by molar-refractivity contribution is 5.89. The van der Waals surface area contributed by atoms with Crippen LogP contribution in [0.3, 0.4) is 0 Å². The Labute approximate surface area is 135 Å². The van der Waals surface area contributed by atoms with E-state index in [1.165, 1.54) is 19.4 Å². The van der Waals surface area contributed by atoms with Crippen molar-refractivity contribution in [3.63, 3.8) is 0 Å². The molecule has 2 spiro atoms. The van der Waals surface area contributed by atoms with E-state index in [1.54, 1.807) is 0 Å². The molecule has 0 bridgehead atoms. The van der Waals surface area contributed by atoms with Gasteiger partial charge in [-0.3, -0.25) is 4.79 Å². The highest BCUT2D eigenvalue weighted by atomic mass is 16.5. The number of nitrogens with zero attached hydrogens (tertiary/aromatic N) is 2. The van der Waals surface area contributed by atoms with Crippen molar-refractivity contribution in [2.24, 2.45) is 5.92 Å². The number of rotatable bonds is 4. The first-order chi connectivity index (χ1) is 10.4. The molecule has 4 nitrogen and oxygen atoms in total. The molecule has 2 aliphatic carbocycles. The normalized spacial score (nSPS) is 34.2. The van der Waals surface area contributed by atoms with Crippen LogP contribution in [-0.2, 0) is 9.53 Å². The van der Waals surface area contributed by atoms with Gasteiger partial charge in [0.15, 0.2) is 0 Å². The molecule has 126 valence electrons. The van der Waals surface area contributed by atoms with E-state index >= 15 is 0 Å². The molecule has 0 aromatic carbocycles. The molecule has 1 heterocycles. The second-order valence-corrected chi connectivity index (χ2v) is 8.16. The van der Waals surface area contributed by atoms with Gasteiger partial charge in [0.2, 0.25) is 0 Å². The van der Waals surface area contributed by atoms with Crippen LogP contribution in [-0.4, -0.2) is 59.6 Å². The van der Waals surface area contributed by atoms with Crippen molar-refractivity contribution >= 4 is 5.91 Å². The fourth-order valence-electron chi connectivity index (χ4n) is 4.44. The zero-order chi connectivity index (χ0) is 16.0. The van der Waals surface area contributed by atoms with Crippen LogP contribution in [0.15, 0.2) is 0 Å². The molecule has 0 radical (unpaired) electrons. The summed E-state index contributed by atoms with van der Waals surface area (Å²) in [7, 11) is 2.26. The lowest BCUT2D eigenvalue weighted by molar-refractivity contribution is -0.199. The van der Waals surface area contributed by atoms with Gasteiger partial charge >= 0.3 is 0 Å². The van der Waals surface area contributed by atoms with Gasteiger partial charge in [0.05, 0.1) is 5.60 Å². The molecule has 22 heavy (non-hydrogen) atoms. The molecule has 0 atom stereocenters. The summed E-state index contributed by atoms with van der Waals surface area (Å²) in [5.74, 6) is 0.967. The molecule has 2 saturated carbocycles. The lowest BCUT2D eigenvalue weighted by Gasteiger charge is -2.50. The molecular formula is C18H32N2O2. The number of hydrogen-bond donors (Lipinski definition) is 0. The van der Waals surface area contributed by atoms with Crippen LogP contribution >= 0.6 is 0 Å². The van der Waals surface area contributed by atoms with E-state index in [0.717, 1.165) is 44.7 Å². The van der Waals surface area contributed by atoms with Crippen LogP contribution in [0.4, 0.5) is 0 Å². The Hall–Kier alpha value is -0.610. The van der Waals surface area contributed by atoms with E-state index in [1.807, 2.05) is 0 Å². The van der Waals surface area contributed by atoms with E-state index in [2.05, 4.69) is 37.6 Å². The third-order valence-corrected chi connectivity index (χ3v) is 5.80. The van der Waals surface area contributed by atoms with E-state index in [9.17, 15) is 4.79 Å². The summed E-state index contributed by atoms with van der Waals surface area (Å²) < 4.78 is 6.46. The Kier molecular flexibility index (Phi) is 4.28. The maximum atomic E-state index is 12.5. The fourth-order valence-corrected chi connectivity index (χ4v) is 4.44. The van der Waals surface area contributed by atoms with Gasteiger partial charge in [-0.1, -0.05) is 13.8 Å². The van der Waals surface area contributed by atoms with Crippen molar-refractivity contribution < 1.29 is 9.53 Å². The molecule has 1 aliphatic heterocycles. The number of morpholine rings is 1. The quantitative estimate of drug-likeness (QED) is 0.800. The van der Waals surface area contributed by atoms with Gasteiger partial charge in [0, 0.05) is 25.7 Å². The van der Waals surface area contributed by atoms with Gasteiger partial charge in [-0.15, -0.1) is 0 Å². The SMILES string of the molecule is CCN1C[C@]2(CC[C@@H](N(C)CC(C)C)CC2)OC2(CC2)C1=O. The molecule has 3 fully saturated rings. The number of likely N-dealkylation sites (N-methyl/N-ethyl adjacent to an activating group) is 1. The second-order valence-electron chi connectivity index (χ2n) is 8.16. The summed E-state index contributed by atoms with van der Waals surface area (Å²) >= 11 is 0. The summed E-state index contributed by atoms with van der Waals surface area (Å²) in [6.07, 6.45) is 6.47. The third-order valence-electron chi connectivity index (χ3n) is 5.80. The molecule has 0 unspecified atom stereocenters. The van der Waals surface area contributed by atoms with Crippen molar-refractivity contribution in [1.82, 2.24) is 9.80 Å². The van der Waals surface area contributed by atoms with Gasteiger partial charge in [-0.2, -0.15) is 0 Å². The Morgan fingerprint density at radius 2 is 1.91 bits per heavy atom. The molecule has 0 aromatic rings. The van der Waals surface area contributed by atoms with Gasteiger partial charge < -0.3 is 14.5 Å². The first-order valence-corrected chi connectivity index (χ1v) is 9.09. The molecule has 3 rings (SSSR count). The van der Waals surface area contributed by atoms with Crippen LogP contribution in [0.2, 0.25) is 0 Å². The van der Waals surface area contributed by atoms with E-state index in [0.29, 0.717) is 6.04 Å². The van der Waals surface area contributed by atoms with E-state index in [-0.39, 0.29) is 11.5 Å². The topological polar surface area (TPSA) is 32.8 Å². The Balaban J connectivity index is 1.63. The van der Waals surface area contributed by atoms with Gasteiger partial charge in [-0.25, -0.2) is 0 Å². The highest BCUT2D eigenvalue weighted by Crippen LogP contribution is 2.51. The Morgan fingerprint density at radius 3 is 2.41 bits per heavy atom. The van der Waals surface area contributed by atoms with Crippen molar-refractivity contribution in [1.29, 1.82) is 0 Å². The van der Waals surface area contributed by atoms with Gasteiger partial charge in [-0.05, 0) is 58.4 Å². The van der Waals surface area contributed by atoms with Crippen LogP contribution in [0, 0.1) is 5.92 Å². The predicted octanol–water partition coefficient (Wildman–Crippen LogP) is 2.67. The summed E-state index contributed by atoms with van der Waals surface area (Å²) in [4.78, 5) is 17.0. The lowest BCUT2D eigenvalue weighted by Crippen LogP contribution is -2.61. The number of carbonyl (C=O) groups is 1.